The van der Waals surface area contributed by atoms with E-state index in [1.165, 1.54) is 7.05 Å². The second-order valence-electron chi connectivity index (χ2n) is 7.52. The van der Waals surface area contributed by atoms with Crippen LogP contribution < -0.4 is 5.32 Å². The lowest BCUT2D eigenvalue weighted by Gasteiger charge is -2.24. The van der Waals surface area contributed by atoms with Crippen LogP contribution in [0.1, 0.15) is 52.1 Å². The summed E-state index contributed by atoms with van der Waals surface area (Å²) < 4.78 is 41.5. The van der Waals surface area contributed by atoms with Gasteiger partial charge in [0.2, 0.25) is 0 Å². The van der Waals surface area contributed by atoms with Crippen LogP contribution in [0.5, 0.6) is 0 Å². The van der Waals surface area contributed by atoms with Gasteiger partial charge in [-0.25, -0.2) is 0 Å². The highest BCUT2D eigenvalue weighted by Gasteiger charge is 2.36. The van der Waals surface area contributed by atoms with E-state index >= 15 is 0 Å². The summed E-state index contributed by atoms with van der Waals surface area (Å²) in [5.74, 6) is -0.600. The minimum Gasteiger partial charge on any atom is -0.342 e. The van der Waals surface area contributed by atoms with E-state index in [-0.39, 0.29) is 11.7 Å². The molecule has 0 saturated heterocycles. The highest BCUT2D eigenvalue weighted by Crippen LogP contribution is 2.31. The highest BCUT2D eigenvalue weighted by molar-refractivity contribution is 5.93. The number of carbonyl (C=O) groups is 1. The van der Waals surface area contributed by atoms with Crippen LogP contribution >= 0.6 is 0 Å². The molecule has 10 heteroatoms. The second-order valence-corrected chi connectivity index (χ2v) is 7.52. The van der Waals surface area contributed by atoms with Gasteiger partial charge in [-0.2, -0.15) is 23.4 Å². The number of nitrogens with one attached hydrogen (secondary N) is 1. The standard InChI is InChI=1S/C20H21F3N6O/c1-11-7-13(8-12(2)24-11)15-9-16-14(5-4-6-29(16)26-15)25-19(30)17-10-18(20(21,22)23)27-28(17)3/h7-10,14H,4-6H2,1-3H3,(H,25,30)/t14-/m1/s1. The zero-order valence-corrected chi connectivity index (χ0v) is 16.8. The SMILES string of the molecule is Cc1cc(-c2cc3n(n2)CCC[C@H]3NC(=O)c2cc(C(F)(F)F)nn2C)cc(C)n1. The van der Waals surface area contributed by atoms with Crippen molar-refractivity contribution in [1.29, 1.82) is 0 Å². The van der Waals surface area contributed by atoms with Crippen LogP contribution in [0.4, 0.5) is 13.2 Å². The third-order valence-electron chi connectivity index (χ3n) is 5.12. The maximum Gasteiger partial charge on any atom is 0.435 e. The van der Waals surface area contributed by atoms with Gasteiger partial charge < -0.3 is 5.32 Å². The predicted octanol–water partition coefficient (Wildman–Crippen LogP) is 3.58. The number of fused-ring (bicyclic) bond motifs is 1. The number of aromatic nitrogens is 5. The summed E-state index contributed by atoms with van der Waals surface area (Å²) in [5, 5.41) is 10.9. The molecule has 3 aromatic heterocycles. The summed E-state index contributed by atoms with van der Waals surface area (Å²) in [5.41, 5.74) is 3.09. The van der Waals surface area contributed by atoms with Gasteiger partial charge in [-0.05, 0) is 44.9 Å². The first kappa shape index (κ1) is 20.1. The Morgan fingerprint density at radius 1 is 1.13 bits per heavy atom. The lowest BCUT2D eigenvalue weighted by molar-refractivity contribution is -0.141. The monoisotopic (exact) mass is 418 g/mol. The average molecular weight is 418 g/mol. The molecule has 1 amide bonds. The van der Waals surface area contributed by atoms with Crippen molar-refractivity contribution >= 4 is 5.91 Å². The predicted molar refractivity (Wildman–Crippen MR) is 103 cm³/mol. The van der Waals surface area contributed by atoms with Crippen LogP contribution in [0.15, 0.2) is 24.3 Å². The molecule has 7 nitrogen and oxygen atoms in total. The number of halogens is 3. The molecule has 1 N–H and O–H groups in total. The van der Waals surface area contributed by atoms with Crippen LogP contribution in [0, 0.1) is 13.8 Å². The van der Waals surface area contributed by atoms with Gasteiger partial charge in [0.05, 0.1) is 17.4 Å². The first-order chi connectivity index (χ1) is 14.1. The minimum absolute atomic E-state index is 0.139. The summed E-state index contributed by atoms with van der Waals surface area (Å²) in [6.07, 6.45) is -3.13. The van der Waals surface area contributed by atoms with Crippen molar-refractivity contribution in [2.45, 2.75) is 45.5 Å². The Bertz CT molecular complexity index is 1090. The van der Waals surface area contributed by atoms with Crippen LogP contribution in [-0.4, -0.2) is 30.5 Å². The van der Waals surface area contributed by atoms with Gasteiger partial charge in [-0.3, -0.25) is 19.1 Å². The van der Waals surface area contributed by atoms with Gasteiger partial charge in [-0.1, -0.05) is 0 Å². The fraction of sp³-hybridized carbons (Fsp3) is 0.400. The molecule has 1 aliphatic heterocycles. The Morgan fingerprint density at radius 3 is 2.47 bits per heavy atom. The molecule has 0 aliphatic carbocycles. The smallest absolute Gasteiger partial charge is 0.342 e. The van der Waals surface area contributed by atoms with Crippen molar-refractivity contribution in [2.24, 2.45) is 7.05 Å². The molecule has 0 unspecified atom stereocenters. The number of pyridine rings is 1. The van der Waals surface area contributed by atoms with Crippen molar-refractivity contribution in [2.75, 3.05) is 0 Å². The Balaban J connectivity index is 1.60. The zero-order chi connectivity index (χ0) is 21.6. The maximum atomic E-state index is 12.9. The van der Waals surface area contributed by atoms with Gasteiger partial charge >= 0.3 is 6.18 Å². The molecule has 3 aromatic rings. The van der Waals surface area contributed by atoms with Gasteiger partial charge in [-0.15, -0.1) is 0 Å². The Labute approximate surface area is 170 Å². The molecular weight excluding hydrogens is 397 g/mol. The summed E-state index contributed by atoms with van der Waals surface area (Å²) in [6, 6.07) is 6.24. The molecule has 0 spiro atoms. The normalized spacial score (nSPS) is 16.4. The quantitative estimate of drug-likeness (QED) is 0.705. The minimum atomic E-state index is -4.60. The molecule has 0 radical (unpaired) electrons. The van der Waals surface area contributed by atoms with Crippen molar-refractivity contribution in [3.8, 4) is 11.3 Å². The van der Waals surface area contributed by atoms with E-state index in [0.717, 1.165) is 45.5 Å². The van der Waals surface area contributed by atoms with Crippen molar-refractivity contribution in [3.63, 3.8) is 0 Å². The molecule has 0 fully saturated rings. The first-order valence-corrected chi connectivity index (χ1v) is 9.57. The Hall–Kier alpha value is -3.17. The van der Waals surface area contributed by atoms with Crippen molar-refractivity contribution in [1.82, 2.24) is 29.9 Å². The van der Waals surface area contributed by atoms with E-state index in [1.54, 1.807) is 0 Å². The van der Waals surface area contributed by atoms with Gasteiger partial charge in [0.25, 0.3) is 5.91 Å². The number of hydrogen-bond donors (Lipinski definition) is 1. The molecule has 158 valence electrons. The van der Waals surface area contributed by atoms with Crippen LogP contribution in [0.3, 0.4) is 0 Å². The molecule has 1 aliphatic rings. The number of nitrogens with zero attached hydrogens (tertiary/aromatic N) is 5. The lowest BCUT2D eigenvalue weighted by Crippen LogP contribution is -2.33. The number of hydrogen-bond acceptors (Lipinski definition) is 4. The van der Waals surface area contributed by atoms with Crippen LogP contribution in [0.25, 0.3) is 11.3 Å². The van der Waals surface area contributed by atoms with Gasteiger partial charge in [0.15, 0.2) is 5.69 Å². The summed E-state index contributed by atoms with van der Waals surface area (Å²) in [6.45, 7) is 4.55. The number of aryl methyl sites for hydroxylation is 4. The third kappa shape index (κ3) is 3.81. The summed E-state index contributed by atoms with van der Waals surface area (Å²) >= 11 is 0. The van der Waals surface area contributed by atoms with E-state index in [1.807, 2.05) is 36.7 Å². The van der Waals surface area contributed by atoms with Crippen LogP contribution in [0.2, 0.25) is 0 Å². The van der Waals surface area contributed by atoms with E-state index in [0.29, 0.717) is 13.0 Å². The van der Waals surface area contributed by atoms with Gasteiger partial charge in [0.1, 0.15) is 5.69 Å². The van der Waals surface area contributed by atoms with E-state index in [2.05, 4.69) is 20.5 Å². The van der Waals surface area contributed by atoms with Gasteiger partial charge in [0, 0.05) is 36.6 Å². The Kier molecular flexibility index (Phi) is 4.87. The maximum absolute atomic E-state index is 12.9. The largest absolute Gasteiger partial charge is 0.435 e. The van der Waals surface area contributed by atoms with Crippen LogP contribution in [-0.2, 0) is 19.8 Å². The fourth-order valence-corrected chi connectivity index (χ4v) is 3.80. The van der Waals surface area contributed by atoms with E-state index in [9.17, 15) is 18.0 Å². The topological polar surface area (TPSA) is 77.6 Å². The summed E-state index contributed by atoms with van der Waals surface area (Å²) in [7, 11) is 1.32. The molecule has 30 heavy (non-hydrogen) atoms. The molecule has 4 rings (SSSR count). The molecule has 0 bridgehead atoms. The first-order valence-electron chi connectivity index (χ1n) is 9.57. The van der Waals surface area contributed by atoms with E-state index in [4.69, 9.17) is 0 Å². The second kappa shape index (κ2) is 7.26. The number of carbonyl (C=O) groups excluding carboxylic acids is 1. The number of rotatable bonds is 3. The van der Waals surface area contributed by atoms with E-state index < -0.39 is 17.8 Å². The zero-order valence-electron chi connectivity index (χ0n) is 16.8. The lowest BCUT2D eigenvalue weighted by atomic mass is 10.0. The number of alkyl halides is 3. The van der Waals surface area contributed by atoms with Crippen molar-refractivity contribution < 1.29 is 18.0 Å². The molecule has 0 aromatic carbocycles. The average Bonchev–Trinajstić information content (AvgIpc) is 3.25. The molecule has 1 atom stereocenters. The Morgan fingerprint density at radius 2 is 1.83 bits per heavy atom. The number of amides is 1. The summed E-state index contributed by atoms with van der Waals surface area (Å²) in [4.78, 5) is 17.0. The molecule has 4 heterocycles. The molecular formula is C20H21F3N6O. The van der Waals surface area contributed by atoms with Crippen molar-refractivity contribution in [3.05, 3.63) is 52.7 Å². The molecule has 0 saturated carbocycles. The fourth-order valence-electron chi connectivity index (χ4n) is 3.80. The highest BCUT2D eigenvalue weighted by atomic mass is 19.4. The third-order valence-corrected chi connectivity index (χ3v) is 5.12.